The molecule has 3 rings (SSSR count). The van der Waals surface area contributed by atoms with Gasteiger partial charge >= 0.3 is 5.97 Å². The molecular formula is C18H28N2O4. The second-order valence-electron chi connectivity index (χ2n) is 7.49. The molecule has 2 heterocycles. The number of carboxylic acid groups (broad SMARTS) is 1. The summed E-state index contributed by atoms with van der Waals surface area (Å²) in [5.41, 5.74) is 0. The predicted octanol–water partition coefficient (Wildman–Crippen LogP) is 1.74. The summed E-state index contributed by atoms with van der Waals surface area (Å²) in [5.74, 6) is -1.57. The Labute approximate surface area is 143 Å². The van der Waals surface area contributed by atoms with Crippen molar-refractivity contribution in [3.05, 3.63) is 0 Å². The molecule has 2 aliphatic heterocycles. The van der Waals surface area contributed by atoms with Gasteiger partial charge in [0.05, 0.1) is 5.92 Å². The minimum absolute atomic E-state index is 0.0122. The molecule has 2 saturated heterocycles. The molecule has 24 heavy (non-hydrogen) atoms. The van der Waals surface area contributed by atoms with Gasteiger partial charge in [0, 0.05) is 38.0 Å². The maximum absolute atomic E-state index is 13.0. The Morgan fingerprint density at radius 2 is 1.25 bits per heavy atom. The van der Waals surface area contributed by atoms with Gasteiger partial charge in [0.2, 0.25) is 11.8 Å². The molecule has 0 spiro atoms. The molecule has 3 fully saturated rings. The number of hydrogen-bond acceptors (Lipinski definition) is 3. The fourth-order valence-corrected chi connectivity index (χ4v) is 4.51. The molecule has 0 aromatic rings. The van der Waals surface area contributed by atoms with Gasteiger partial charge in [-0.3, -0.25) is 14.4 Å². The average Bonchev–Trinajstić information content (AvgIpc) is 3.15. The molecule has 6 heteroatoms. The molecule has 0 unspecified atom stereocenters. The molecule has 6 nitrogen and oxygen atoms in total. The van der Waals surface area contributed by atoms with Crippen molar-refractivity contribution >= 4 is 17.8 Å². The number of piperidine rings is 1. The van der Waals surface area contributed by atoms with Gasteiger partial charge in [0.1, 0.15) is 0 Å². The second-order valence-corrected chi connectivity index (χ2v) is 7.49. The van der Waals surface area contributed by atoms with Crippen LogP contribution in [0.1, 0.15) is 51.4 Å². The third-order valence-electron chi connectivity index (χ3n) is 5.90. The van der Waals surface area contributed by atoms with E-state index < -0.39 is 11.9 Å². The van der Waals surface area contributed by atoms with Crippen LogP contribution in [-0.2, 0) is 14.4 Å². The van der Waals surface area contributed by atoms with Gasteiger partial charge in [-0.15, -0.1) is 0 Å². The standard InChI is InChI=1S/C18H28N2O4/c21-16(19-9-3-4-10-19)14-7-1-2-8-15(14)17(22)20-11-5-6-13(12-20)18(23)24/h13-15H,1-12H2,(H,23,24)/t13-,14+,15+/m1/s1. The maximum atomic E-state index is 13.0. The zero-order valence-electron chi connectivity index (χ0n) is 14.3. The summed E-state index contributed by atoms with van der Waals surface area (Å²) >= 11 is 0. The molecular weight excluding hydrogens is 308 g/mol. The van der Waals surface area contributed by atoms with E-state index in [-0.39, 0.29) is 23.7 Å². The van der Waals surface area contributed by atoms with Crippen molar-refractivity contribution in [1.82, 2.24) is 9.80 Å². The van der Waals surface area contributed by atoms with Gasteiger partial charge in [0.25, 0.3) is 0 Å². The lowest BCUT2D eigenvalue weighted by atomic mass is 9.77. The van der Waals surface area contributed by atoms with Gasteiger partial charge in [-0.25, -0.2) is 0 Å². The van der Waals surface area contributed by atoms with Crippen LogP contribution in [0, 0.1) is 17.8 Å². The average molecular weight is 336 g/mol. The Morgan fingerprint density at radius 1 is 0.708 bits per heavy atom. The first-order chi connectivity index (χ1) is 11.6. The van der Waals surface area contributed by atoms with Gasteiger partial charge in [-0.1, -0.05) is 12.8 Å². The Bertz CT molecular complexity index is 501. The van der Waals surface area contributed by atoms with E-state index in [1.54, 1.807) is 4.90 Å². The van der Waals surface area contributed by atoms with Crippen LogP contribution < -0.4 is 0 Å². The van der Waals surface area contributed by atoms with Crippen molar-refractivity contribution in [2.45, 2.75) is 51.4 Å². The monoisotopic (exact) mass is 336 g/mol. The van der Waals surface area contributed by atoms with E-state index in [4.69, 9.17) is 0 Å². The number of carboxylic acids is 1. The summed E-state index contributed by atoms with van der Waals surface area (Å²) < 4.78 is 0. The van der Waals surface area contributed by atoms with Crippen LogP contribution in [0.3, 0.4) is 0 Å². The molecule has 0 radical (unpaired) electrons. The fraction of sp³-hybridized carbons (Fsp3) is 0.833. The Hall–Kier alpha value is -1.59. The topological polar surface area (TPSA) is 77.9 Å². The molecule has 0 aromatic heterocycles. The first-order valence-electron chi connectivity index (χ1n) is 9.38. The number of hydrogen-bond donors (Lipinski definition) is 1. The van der Waals surface area contributed by atoms with Crippen LogP contribution in [0.25, 0.3) is 0 Å². The molecule has 0 bridgehead atoms. The second kappa shape index (κ2) is 7.53. The number of aliphatic carboxylic acids is 1. The normalized spacial score (nSPS) is 31.1. The SMILES string of the molecule is O=C(O)[C@@H]1CCCN(C(=O)[C@H]2CCCC[C@@H]2C(=O)N2CCCC2)C1. The molecule has 1 N–H and O–H groups in total. The van der Waals surface area contributed by atoms with Crippen LogP contribution in [-0.4, -0.2) is 58.9 Å². The third kappa shape index (κ3) is 3.57. The largest absolute Gasteiger partial charge is 0.481 e. The minimum Gasteiger partial charge on any atom is -0.481 e. The van der Waals surface area contributed by atoms with Crippen LogP contribution in [0.4, 0.5) is 0 Å². The van der Waals surface area contributed by atoms with Crippen LogP contribution in [0.15, 0.2) is 0 Å². The smallest absolute Gasteiger partial charge is 0.308 e. The first-order valence-corrected chi connectivity index (χ1v) is 9.38. The predicted molar refractivity (Wildman–Crippen MR) is 88.2 cm³/mol. The molecule has 3 aliphatic rings. The van der Waals surface area contributed by atoms with Crippen molar-refractivity contribution in [2.24, 2.45) is 17.8 Å². The number of carbonyl (C=O) groups excluding carboxylic acids is 2. The third-order valence-corrected chi connectivity index (χ3v) is 5.90. The quantitative estimate of drug-likeness (QED) is 0.851. The summed E-state index contributed by atoms with van der Waals surface area (Å²) in [7, 11) is 0. The number of rotatable bonds is 3. The van der Waals surface area contributed by atoms with Crippen LogP contribution in [0.2, 0.25) is 0 Å². The molecule has 1 saturated carbocycles. The lowest BCUT2D eigenvalue weighted by Crippen LogP contribution is -2.49. The Kier molecular flexibility index (Phi) is 5.41. The fourth-order valence-electron chi connectivity index (χ4n) is 4.51. The van der Waals surface area contributed by atoms with Gasteiger partial charge < -0.3 is 14.9 Å². The van der Waals surface area contributed by atoms with Gasteiger partial charge in [-0.05, 0) is 38.5 Å². The highest BCUT2D eigenvalue weighted by atomic mass is 16.4. The molecule has 0 aromatic carbocycles. The molecule has 3 atom stereocenters. The summed E-state index contributed by atoms with van der Waals surface area (Å²) in [5, 5.41) is 9.23. The van der Waals surface area contributed by atoms with E-state index in [2.05, 4.69) is 0 Å². The molecule has 134 valence electrons. The molecule has 1 aliphatic carbocycles. The summed E-state index contributed by atoms with van der Waals surface area (Å²) in [6, 6.07) is 0. The lowest BCUT2D eigenvalue weighted by molar-refractivity contribution is -0.152. The number of nitrogens with zero attached hydrogens (tertiary/aromatic N) is 2. The highest BCUT2D eigenvalue weighted by molar-refractivity contribution is 5.88. The van der Waals surface area contributed by atoms with Gasteiger partial charge in [-0.2, -0.15) is 0 Å². The zero-order valence-corrected chi connectivity index (χ0v) is 14.3. The summed E-state index contributed by atoms with van der Waals surface area (Å²) in [6.07, 6.45) is 7.04. The van der Waals surface area contributed by atoms with Crippen LogP contribution in [0.5, 0.6) is 0 Å². The van der Waals surface area contributed by atoms with E-state index in [1.165, 1.54) is 0 Å². The van der Waals surface area contributed by atoms with Gasteiger partial charge in [0.15, 0.2) is 0 Å². The minimum atomic E-state index is -0.819. The summed E-state index contributed by atoms with van der Waals surface area (Å²) in [6.45, 7) is 2.57. The van der Waals surface area contributed by atoms with Crippen molar-refractivity contribution in [3.63, 3.8) is 0 Å². The van der Waals surface area contributed by atoms with Crippen molar-refractivity contribution in [2.75, 3.05) is 26.2 Å². The number of amides is 2. The highest BCUT2D eigenvalue weighted by Crippen LogP contribution is 2.34. The summed E-state index contributed by atoms with van der Waals surface area (Å²) in [4.78, 5) is 40.7. The van der Waals surface area contributed by atoms with Crippen molar-refractivity contribution in [3.8, 4) is 0 Å². The van der Waals surface area contributed by atoms with E-state index in [0.717, 1.165) is 58.0 Å². The van der Waals surface area contributed by atoms with E-state index in [0.29, 0.717) is 19.5 Å². The number of likely N-dealkylation sites (tertiary alicyclic amines) is 2. The first kappa shape index (κ1) is 17.2. The zero-order chi connectivity index (χ0) is 17.1. The number of carbonyl (C=O) groups is 3. The lowest BCUT2D eigenvalue weighted by Gasteiger charge is -2.38. The maximum Gasteiger partial charge on any atom is 0.308 e. The highest BCUT2D eigenvalue weighted by Gasteiger charge is 2.41. The molecule has 2 amide bonds. The van der Waals surface area contributed by atoms with E-state index >= 15 is 0 Å². The van der Waals surface area contributed by atoms with Crippen LogP contribution >= 0.6 is 0 Å². The Balaban J connectivity index is 1.68. The van der Waals surface area contributed by atoms with Crippen molar-refractivity contribution < 1.29 is 19.5 Å². The van der Waals surface area contributed by atoms with Crippen molar-refractivity contribution in [1.29, 1.82) is 0 Å². The Morgan fingerprint density at radius 3 is 1.83 bits per heavy atom. The van der Waals surface area contributed by atoms with E-state index in [1.807, 2.05) is 4.90 Å². The van der Waals surface area contributed by atoms with E-state index in [9.17, 15) is 19.5 Å².